The van der Waals surface area contributed by atoms with E-state index in [9.17, 15) is 4.79 Å². The van der Waals surface area contributed by atoms with Crippen LogP contribution in [0, 0.1) is 5.92 Å². The smallest absolute Gasteiger partial charge is 0.222 e. The Morgan fingerprint density at radius 3 is 3.05 bits per heavy atom. The molecule has 114 valence electrons. The molecule has 21 heavy (non-hydrogen) atoms. The monoisotopic (exact) mass is 289 g/mol. The third-order valence-corrected chi connectivity index (χ3v) is 4.62. The molecule has 3 rings (SSSR count). The number of aromatic nitrogens is 2. The molecule has 0 radical (unpaired) electrons. The van der Waals surface area contributed by atoms with Gasteiger partial charge in [-0.05, 0) is 25.8 Å². The van der Waals surface area contributed by atoms with E-state index >= 15 is 0 Å². The normalized spacial score (nSPS) is 25.9. The van der Waals surface area contributed by atoms with Crippen molar-refractivity contribution in [1.29, 1.82) is 0 Å². The van der Waals surface area contributed by atoms with Crippen LogP contribution in [0.3, 0.4) is 0 Å². The first-order chi connectivity index (χ1) is 10.3. The molecule has 0 bridgehead atoms. The van der Waals surface area contributed by atoms with Gasteiger partial charge in [-0.25, -0.2) is 4.98 Å². The first-order valence-corrected chi connectivity index (χ1v) is 7.74. The van der Waals surface area contributed by atoms with Crippen molar-refractivity contribution in [2.75, 3.05) is 38.1 Å². The summed E-state index contributed by atoms with van der Waals surface area (Å²) in [5.74, 6) is 1.82. The standard InChI is InChI=1S/C15H23N5O/c1-16-7-9-20-13-4-8-19(14-10-17-5-6-18-14)11-12(13)2-3-15(20)21/h5-6,10,12-13,16H,2-4,7-9,11H2,1H3/t12-,13+/m0/s1. The molecule has 3 heterocycles. The molecule has 2 fully saturated rings. The molecule has 1 N–H and O–H groups in total. The number of amides is 1. The number of fused-ring (bicyclic) bond motifs is 1. The minimum Gasteiger partial charge on any atom is -0.355 e. The minimum absolute atomic E-state index is 0.319. The molecule has 0 aromatic carbocycles. The summed E-state index contributed by atoms with van der Waals surface area (Å²) in [4.78, 5) is 25.1. The van der Waals surface area contributed by atoms with Gasteiger partial charge < -0.3 is 15.1 Å². The molecule has 2 saturated heterocycles. The molecular weight excluding hydrogens is 266 g/mol. The molecule has 6 heteroatoms. The molecule has 0 aliphatic carbocycles. The molecule has 2 aliphatic rings. The van der Waals surface area contributed by atoms with Gasteiger partial charge in [0.2, 0.25) is 5.91 Å². The highest BCUT2D eigenvalue weighted by Gasteiger charge is 2.39. The third kappa shape index (κ3) is 3.00. The van der Waals surface area contributed by atoms with Gasteiger partial charge in [-0.15, -0.1) is 0 Å². The van der Waals surface area contributed by atoms with E-state index in [2.05, 4.69) is 25.1 Å². The van der Waals surface area contributed by atoms with Gasteiger partial charge in [-0.3, -0.25) is 9.78 Å². The van der Waals surface area contributed by atoms with Crippen molar-refractivity contribution < 1.29 is 4.79 Å². The molecule has 1 aromatic rings. The summed E-state index contributed by atoms with van der Waals surface area (Å²) in [6.45, 7) is 3.61. The Hall–Kier alpha value is -1.69. The SMILES string of the molecule is CNCCN1C(=O)CC[C@H]2CN(c3cnccn3)CC[C@H]21. The first-order valence-electron chi connectivity index (χ1n) is 7.74. The predicted octanol–water partition coefficient (Wildman–Crippen LogP) is 0.513. The Kier molecular flexibility index (Phi) is 4.34. The molecule has 0 unspecified atom stereocenters. The fourth-order valence-corrected chi connectivity index (χ4v) is 3.54. The zero-order valence-electron chi connectivity index (χ0n) is 12.5. The second kappa shape index (κ2) is 6.39. The number of hydrogen-bond donors (Lipinski definition) is 1. The Bertz CT molecular complexity index is 480. The van der Waals surface area contributed by atoms with E-state index in [-0.39, 0.29) is 0 Å². The fraction of sp³-hybridized carbons (Fsp3) is 0.667. The zero-order valence-corrected chi connectivity index (χ0v) is 12.5. The van der Waals surface area contributed by atoms with Crippen LogP contribution in [0.15, 0.2) is 18.6 Å². The maximum absolute atomic E-state index is 12.2. The number of nitrogens with zero attached hydrogens (tertiary/aromatic N) is 4. The maximum atomic E-state index is 12.2. The number of anilines is 1. The largest absolute Gasteiger partial charge is 0.355 e. The average Bonchev–Trinajstić information content (AvgIpc) is 2.54. The van der Waals surface area contributed by atoms with Crippen LogP contribution < -0.4 is 10.2 Å². The van der Waals surface area contributed by atoms with Crippen LogP contribution in [0.2, 0.25) is 0 Å². The van der Waals surface area contributed by atoms with Crippen LogP contribution in [0.4, 0.5) is 5.82 Å². The van der Waals surface area contributed by atoms with Crippen molar-refractivity contribution >= 4 is 11.7 Å². The number of carbonyl (C=O) groups is 1. The predicted molar refractivity (Wildman–Crippen MR) is 81.0 cm³/mol. The van der Waals surface area contributed by atoms with Crippen molar-refractivity contribution in [2.45, 2.75) is 25.3 Å². The van der Waals surface area contributed by atoms with Gasteiger partial charge in [-0.2, -0.15) is 0 Å². The summed E-state index contributed by atoms with van der Waals surface area (Å²) < 4.78 is 0. The second-order valence-corrected chi connectivity index (χ2v) is 5.86. The Morgan fingerprint density at radius 1 is 1.38 bits per heavy atom. The lowest BCUT2D eigenvalue weighted by atomic mass is 9.83. The number of rotatable bonds is 4. The van der Waals surface area contributed by atoms with Gasteiger partial charge in [0, 0.05) is 51.0 Å². The lowest BCUT2D eigenvalue weighted by Crippen LogP contribution is -2.57. The zero-order chi connectivity index (χ0) is 14.7. The van der Waals surface area contributed by atoms with Crippen LogP contribution in [-0.4, -0.2) is 60.0 Å². The number of hydrogen-bond acceptors (Lipinski definition) is 5. The fourth-order valence-electron chi connectivity index (χ4n) is 3.54. The van der Waals surface area contributed by atoms with E-state index < -0.39 is 0 Å². The maximum Gasteiger partial charge on any atom is 0.222 e. The van der Waals surface area contributed by atoms with Crippen molar-refractivity contribution in [1.82, 2.24) is 20.2 Å². The highest BCUT2D eigenvalue weighted by molar-refractivity contribution is 5.77. The number of piperidine rings is 2. The van der Waals surface area contributed by atoms with E-state index in [1.165, 1.54) is 0 Å². The van der Waals surface area contributed by atoms with Gasteiger partial charge in [0.05, 0.1) is 6.20 Å². The molecule has 2 aliphatic heterocycles. The van der Waals surface area contributed by atoms with E-state index in [1.54, 1.807) is 12.4 Å². The van der Waals surface area contributed by atoms with Gasteiger partial charge in [0.1, 0.15) is 5.82 Å². The van der Waals surface area contributed by atoms with Gasteiger partial charge >= 0.3 is 0 Å². The minimum atomic E-state index is 0.319. The Labute approximate surface area is 125 Å². The van der Waals surface area contributed by atoms with Gasteiger partial charge in [-0.1, -0.05) is 0 Å². The summed E-state index contributed by atoms with van der Waals surface area (Å²) in [6.07, 6.45) is 7.97. The van der Waals surface area contributed by atoms with Crippen LogP contribution in [0.1, 0.15) is 19.3 Å². The molecule has 0 saturated carbocycles. The third-order valence-electron chi connectivity index (χ3n) is 4.62. The molecule has 0 spiro atoms. The van der Waals surface area contributed by atoms with E-state index in [4.69, 9.17) is 0 Å². The highest BCUT2D eigenvalue weighted by atomic mass is 16.2. The second-order valence-electron chi connectivity index (χ2n) is 5.86. The van der Waals surface area contributed by atoms with E-state index in [1.807, 2.05) is 13.2 Å². The van der Waals surface area contributed by atoms with Crippen LogP contribution in [-0.2, 0) is 4.79 Å². The summed E-state index contributed by atoms with van der Waals surface area (Å²) in [5.41, 5.74) is 0. The molecule has 1 aromatic heterocycles. The number of likely N-dealkylation sites (tertiary alicyclic amines) is 1. The van der Waals surface area contributed by atoms with Crippen LogP contribution in [0.25, 0.3) is 0 Å². The summed E-state index contributed by atoms with van der Waals surface area (Å²) in [6, 6.07) is 0.396. The lowest BCUT2D eigenvalue weighted by Gasteiger charge is -2.47. The molecular formula is C15H23N5O. The summed E-state index contributed by atoms with van der Waals surface area (Å²) in [7, 11) is 1.93. The van der Waals surface area contributed by atoms with Crippen molar-refractivity contribution in [3.05, 3.63) is 18.6 Å². The van der Waals surface area contributed by atoms with E-state index in [0.717, 1.165) is 44.8 Å². The Balaban J connectivity index is 1.68. The Morgan fingerprint density at radius 2 is 2.29 bits per heavy atom. The number of nitrogens with one attached hydrogen (secondary N) is 1. The van der Waals surface area contributed by atoms with Crippen molar-refractivity contribution in [3.8, 4) is 0 Å². The highest BCUT2D eigenvalue weighted by Crippen LogP contribution is 2.32. The molecule has 1 amide bonds. The molecule has 6 nitrogen and oxygen atoms in total. The van der Waals surface area contributed by atoms with Crippen molar-refractivity contribution in [2.24, 2.45) is 5.92 Å². The average molecular weight is 289 g/mol. The number of likely N-dealkylation sites (N-methyl/N-ethyl adjacent to an activating group) is 1. The molecule has 2 atom stereocenters. The van der Waals surface area contributed by atoms with Gasteiger partial charge in [0.15, 0.2) is 0 Å². The summed E-state index contributed by atoms with van der Waals surface area (Å²) in [5, 5.41) is 3.14. The van der Waals surface area contributed by atoms with Crippen LogP contribution in [0.5, 0.6) is 0 Å². The van der Waals surface area contributed by atoms with Crippen molar-refractivity contribution in [3.63, 3.8) is 0 Å². The van der Waals surface area contributed by atoms with Crippen LogP contribution >= 0.6 is 0 Å². The van der Waals surface area contributed by atoms with Gasteiger partial charge in [0.25, 0.3) is 0 Å². The van der Waals surface area contributed by atoms with E-state index in [0.29, 0.717) is 24.3 Å². The quantitative estimate of drug-likeness (QED) is 0.875. The topological polar surface area (TPSA) is 61.4 Å². The lowest BCUT2D eigenvalue weighted by molar-refractivity contribution is -0.139. The first kappa shape index (κ1) is 14.3. The summed E-state index contributed by atoms with van der Waals surface area (Å²) >= 11 is 0. The number of carbonyl (C=O) groups excluding carboxylic acids is 1.